The van der Waals surface area contributed by atoms with Crippen molar-refractivity contribution in [3.05, 3.63) is 69.2 Å². The quantitative estimate of drug-likeness (QED) is 0.773. The maximum atomic E-state index is 14.1. The molecule has 1 aliphatic rings. The highest BCUT2D eigenvalue weighted by Gasteiger charge is 2.29. The molecular weight excluding hydrogens is 374 g/mol. The van der Waals surface area contributed by atoms with Crippen LogP contribution < -0.4 is 10.7 Å². The van der Waals surface area contributed by atoms with Gasteiger partial charge >= 0.3 is 0 Å². The van der Waals surface area contributed by atoms with Crippen molar-refractivity contribution in [3.8, 4) is 0 Å². The molecule has 0 saturated heterocycles. The highest BCUT2D eigenvalue weighted by atomic mass is 35.5. The minimum Gasteiger partial charge on any atom is -0.336 e. The molecule has 2 N–H and O–H groups in total. The van der Waals surface area contributed by atoms with Crippen molar-refractivity contribution < 1.29 is 13.2 Å². The summed E-state index contributed by atoms with van der Waals surface area (Å²) in [6, 6.07) is 5.82. The van der Waals surface area contributed by atoms with Gasteiger partial charge in [0.1, 0.15) is 17.3 Å². The highest BCUT2D eigenvalue weighted by Crippen LogP contribution is 2.35. The fourth-order valence-electron chi connectivity index (χ4n) is 2.81. The van der Waals surface area contributed by atoms with E-state index >= 15 is 0 Å². The molecule has 8 heteroatoms. The van der Waals surface area contributed by atoms with E-state index in [4.69, 9.17) is 23.2 Å². The Morgan fingerprint density at radius 1 is 1.08 bits per heavy atom. The molecule has 0 bridgehead atoms. The van der Waals surface area contributed by atoms with E-state index in [9.17, 15) is 13.2 Å². The monoisotopic (exact) mass is 387 g/mol. The van der Waals surface area contributed by atoms with Gasteiger partial charge in [0.25, 0.3) is 0 Å². The molecule has 1 atom stereocenters. The molecule has 25 heavy (non-hydrogen) atoms. The third-order valence-corrected chi connectivity index (χ3v) is 4.41. The smallest absolute Gasteiger partial charge is 0.151 e. The molecule has 1 heterocycles. The summed E-state index contributed by atoms with van der Waals surface area (Å²) in [7, 11) is 1.69. The second-order valence-corrected chi connectivity index (χ2v) is 6.51. The third-order valence-electron chi connectivity index (χ3n) is 3.88. The first-order valence-corrected chi connectivity index (χ1v) is 8.14. The van der Waals surface area contributed by atoms with E-state index in [0.717, 1.165) is 12.1 Å². The van der Waals surface area contributed by atoms with Gasteiger partial charge in [-0.25, -0.2) is 18.6 Å². The van der Waals surface area contributed by atoms with Crippen LogP contribution >= 0.6 is 23.2 Å². The molecule has 0 fully saturated rings. The van der Waals surface area contributed by atoms with Crippen molar-refractivity contribution in [2.75, 3.05) is 12.4 Å². The molecule has 0 saturated carbocycles. The molecule has 3 nitrogen and oxygen atoms in total. The van der Waals surface area contributed by atoms with Crippen molar-refractivity contribution in [3.63, 3.8) is 0 Å². The molecule has 1 aliphatic heterocycles. The zero-order valence-corrected chi connectivity index (χ0v) is 14.8. The third kappa shape index (κ3) is 3.42. The molecule has 0 aliphatic carbocycles. The van der Waals surface area contributed by atoms with Gasteiger partial charge in [-0.3, -0.25) is 5.01 Å². The van der Waals surface area contributed by atoms with Crippen LogP contribution in [0.25, 0.3) is 5.57 Å². The van der Waals surface area contributed by atoms with Crippen LogP contribution in [0.5, 0.6) is 0 Å². The molecular formula is C17H14Cl2F3N3. The fourth-order valence-corrected chi connectivity index (χ4v) is 3.27. The van der Waals surface area contributed by atoms with Gasteiger partial charge in [-0.1, -0.05) is 29.3 Å². The summed E-state index contributed by atoms with van der Waals surface area (Å²) in [5, 5.41) is 4.51. The van der Waals surface area contributed by atoms with Crippen molar-refractivity contribution in [2.24, 2.45) is 0 Å². The Morgan fingerprint density at radius 2 is 1.72 bits per heavy atom. The van der Waals surface area contributed by atoms with Gasteiger partial charge in [0, 0.05) is 23.2 Å². The van der Waals surface area contributed by atoms with Gasteiger partial charge < -0.3 is 5.32 Å². The minimum absolute atomic E-state index is 0.0393. The van der Waals surface area contributed by atoms with E-state index in [1.54, 1.807) is 12.1 Å². The summed E-state index contributed by atoms with van der Waals surface area (Å²) in [5.41, 5.74) is 3.98. The second kappa shape index (κ2) is 6.78. The lowest BCUT2D eigenvalue weighted by molar-refractivity contribution is 0.318. The SMILES string of the molecule is CC1NN(C)C(Nc2c(F)cc(Cl)cc2F)=C1c1ccc(F)cc1Cl. The first-order chi connectivity index (χ1) is 11.8. The zero-order valence-electron chi connectivity index (χ0n) is 13.3. The lowest BCUT2D eigenvalue weighted by atomic mass is 10.0. The van der Waals surface area contributed by atoms with Gasteiger partial charge in [0.15, 0.2) is 11.6 Å². The lowest BCUT2D eigenvalue weighted by Crippen LogP contribution is -2.34. The standard InChI is InChI=1S/C17H14Cl2F3N3/c1-8-15(11-4-3-10(20)7-12(11)19)17(25(2)24-8)23-16-13(21)5-9(18)6-14(16)22/h3-8,23-24H,1-2H3. The Kier molecular flexibility index (Phi) is 4.86. The maximum absolute atomic E-state index is 14.1. The molecule has 0 spiro atoms. The van der Waals surface area contributed by atoms with Crippen LogP contribution in [-0.4, -0.2) is 18.1 Å². The van der Waals surface area contributed by atoms with E-state index in [2.05, 4.69) is 10.7 Å². The van der Waals surface area contributed by atoms with Crippen molar-refractivity contribution in [2.45, 2.75) is 13.0 Å². The largest absolute Gasteiger partial charge is 0.336 e. The summed E-state index contributed by atoms with van der Waals surface area (Å²) in [6.07, 6.45) is 0. The minimum atomic E-state index is -0.824. The number of hydrazine groups is 1. The Hall–Kier alpha value is -1.89. The van der Waals surface area contributed by atoms with E-state index in [1.165, 1.54) is 18.2 Å². The molecule has 1 unspecified atom stereocenters. The zero-order chi connectivity index (χ0) is 18.3. The molecule has 0 amide bonds. The van der Waals surface area contributed by atoms with E-state index in [0.29, 0.717) is 17.0 Å². The Labute approximate surface area is 153 Å². The van der Waals surface area contributed by atoms with Crippen LogP contribution in [0, 0.1) is 17.5 Å². The summed E-state index contributed by atoms with van der Waals surface area (Å²) >= 11 is 11.8. The van der Waals surface area contributed by atoms with Gasteiger partial charge in [-0.15, -0.1) is 0 Å². The predicted molar refractivity (Wildman–Crippen MR) is 93.7 cm³/mol. The average Bonchev–Trinajstić information content (AvgIpc) is 2.77. The van der Waals surface area contributed by atoms with Gasteiger partial charge in [0.2, 0.25) is 0 Å². The highest BCUT2D eigenvalue weighted by molar-refractivity contribution is 6.32. The lowest BCUT2D eigenvalue weighted by Gasteiger charge is -2.19. The number of hydrogen-bond acceptors (Lipinski definition) is 3. The molecule has 132 valence electrons. The molecule has 2 aromatic carbocycles. The topological polar surface area (TPSA) is 27.3 Å². The summed E-state index contributed by atoms with van der Waals surface area (Å²) in [5.74, 6) is -1.71. The van der Waals surface area contributed by atoms with Crippen LogP contribution in [-0.2, 0) is 0 Å². The summed E-state index contributed by atoms with van der Waals surface area (Å²) in [4.78, 5) is 0. The van der Waals surface area contributed by atoms with E-state index < -0.39 is 17.5 Å². The molecule has 2 aromatic rings. The number of benzene rings is 2. The maximum Gasteiger partial charge on any atom is 0.151 e. The summed E-state index contributed by atoms with van der Waals surface area (Å²) < 4.78 is 41.6. The number of halogens is 5. The van der Waals surface area contributed by atoms with E-state index in [-0.39, 0.29) is 21.8 Å². The van der Waals surface area contributed by atoms with Gasteiger partial charge in [0.05, 0.1) is 11.1 Å². The van der Waals surface area contributed by atoms with Crippen molar-refractivity contribution in [1.82, 2.24) is 10.4 Å². The molecule has 0 radical (unpaired) electrons. The predicted octanol–water partition coefficient (Wildman–Crippen LogP) is 5.03. The number of anilines is 1. The normalized spacial score (nSPS) is 17.4. The average molecular weight is 388 g/mol. The Balaban J connectivity index is 2.12. The molecule has 0 aromatic heterocycles. The van der Waals surface area contributed by atoms with Crippen molar-refractivity contribution >= 4 is 34.5 Å². The summed E-state index contributed by atoms with van der Waals surface area (Å²) in [6.45, 7) is 1.86. The van der Waals surface area contributed by atoms with Gasteiger partial charge in [-0.05, 0) is 31.2 Å². The van der Waals surface area contributed by atoms with Crippen molar-refractivity contribution in [1.29, 1.82) is 0 Å². The molecule has 3 rings (SSSR count). The van der Waals surface area contributed by atoms with Crippen LogP contribution in [0.15, 0.2) is 36.2 Å². The van der Waals surface area contributed by atoms with Crippen LogP contribution in [0.2, 0.25) is 10.0 Å². The number of nitrogens with one attached hydrogen (secondary N) is 2. The van der Waals surface area contributed by atoms with Crippen LogP contribution in [0.3, 0.4) is 0 Å². The first-order valence-electron chi connectivity index (χ1n) is 7.39. The van der Waals surface area contributed by atoms with E-state index in [1.807, 2.05) is 6.92 Å². The second-order valence-electron chi connectivity index (χ2n) is 5.67. The number of nitrogens with zero attached hydrogens (tertiary/aromatic N) is 1. The van der Waals surface area contributed by atoms with Crippen LogP contribution in [0.4, 0.5) is 18.9 Å². The Bertz CT molecular complexity index is 847. The van der Waals surface area contributed by atoms with Crippen LogP contribution in [0.1, 0.15) is 12.5 Å². The fraction of sp³-hybridized carbons (Fsp3) is 0.176. The Morgan fingerprint density at radius 3 is 2.32 bits per heavy atom. The first kappa shape index (κ1) is 17.9. The number of hydrogen-bond donors (Lipinski definition) is 2. The van der Waals surface area contributed by atoms with Gasteiger partial charge in [-0.2, -0.15) is 0 Å². The number of rotatable bonds is 3.